The molecule has 0 rings (SSSR count). The molecule has 0 aliphatic rings. The van der Waals surface area contributed by atoms with Crippen molar-refractivity contribution in [3.05, 3.63) is 0 Å². The van der Waals surface area contributed by atoms with E-state index in [2.05, 4.69) is 13.8 Å². The molecule has 0 fully saturated rings. The molecule has 0 amide bonds. The van der Waals surface area contributed by atoms with Gasteiger partial charge < -0.3 is 15.6 Å². The highest BCUT2D eigenvalue weighted by molar-refractivity contribution is 4.57. The monoisotopic (exact) mass is 203 g/mol. The van der Waals surface area contributed by atoms with Gasteiger partial charge >= 0.3 is 0 Å². The van der Waals surface area contributed by atoms with E-state index in [-0.39, 0.29) is 12.6 Å². The third-order valence-corrected chi connectivity index (χ3v) is 2.37. The molecule has 0 saturated carbocycles. The van der Waals surface area contributed by atoms with Crippen LogP contribution in [0.3, 0.4) is 0 Å². The van der Waals surface area contributed by atoms with E-state index in [1.807, 2.05) is 0 Å². The molecule has 3 N–H and O–H groups in total. The first-order valence-corrected chi connectivity index (χ1v) is 5.64. The SMILES string of the molecule is CCCC[C@@H](C)CCOC[C@@H](N)CO. The minimum absolute atomic E-state index is 0.00535. The molecule has 0 aromatic heterocycles. The van der Waals surface area contributed by atoms with Gasteiger partial charge in [0.15, 0.2) is 0 Å². The van der Waals surface area contributed by atoms with Crippen molar-refractivity contribution in [1.82, 2.24) is 0 Å². The van der Waals surface area contributed by atoms with Crippen LogP contribution in [0.5, 0.6) is 0 Å². The average molecular weight is 203 g/mol. The van der Waals surface area contributed by atoms with E-state index >= 15 is 0 Å². The maximum Gasteiger partial charge on any atom is 0.0639 e. The van der Waals surface area contributed by atoms with E-state index in [0.29, 0.717) is 6.61 Å². The Hall–Kier alpha value is -0.120. The van der Waals surface area contributed by atoms with Crippen LogP contribution in [-0.4, -0.2) is 31.0 Å². The van der Waals surface area contributed by atoms with Crippen LogP contribution >= 0.6 is 0 Å². The summed E-state index contributed by atoms with van der Waals surface area (Å²) < 4.78 is 5.35. The fourth-order valence-electron chi connectivity index (χ4n) is 1.27. The number of ether oxygens (including phenoxy) is 1. The zero-order valence-corrected chi connectivity index (χ0v) is 9.54. The number of rotatable bonds is 9. The van der Waals surface area contributed by atoms with Crippen molar-refractivity contribution in [2.24, 2.45) is 11.7 Å². The molecular formula is C11H25NO2. The van der Waals surface area contributed by atoms with Gasteiger partial charge in [0.25, 0.3) is 0 Å². The Bertz CT molecular complexity index is 120. The minimum Gasteiger partial charge on any atom is -0.395 e. The number of unbranched alkanes of at least 4 members (excludes halogenated alkanes) is 1. The fraction of sp³-hybridized carbons (Fsp3) is 1.00. The molecule has 2 atom stereocenters. The normalized spacial score (nSPS) is 15.4. The Morgan fingerprint density at radius 3 is 2.64 bits per heavy atom. The molecular weight excluding hydrogens is 178 g/mol. The average Bonchev–Trinajstić information content (AvgIpc) is 2.21. The number of aliphatic hydroxyl groups excluding tert-OH is 1. The second kappa shape index (κ2) is 9.44. The predicted molar refractivity (Wildman–Crippen MR) is 59.2 cm³/mol. The standard InChI is InChI=1S/C11H25NO2/c1-3-4-5-10(2)6-7-14-9-11(12)8-13/h10-11,13H,3-9,12H2,1-2H3/t10-,11+/m1/s1. The molecule has 0 aliphatic carbocycles. The van der Waals surface area contributed by atoms with Crippen molar-refractivity contribution in [3.8, 4) is 0 Å². The summed E-state index contributed by atoms with van der Waals surface area (Å²) in [5.41, 5.74) is 5.50. The molecule has 86 valence electrons. The Morgan fingerprint density at radius 1 is 1.36 bits per heavy atom. The summed E-state index contributed by atoms with van der Waals surface area (Å²) in [7, 11) is 0. The van der Waals surface area contributed by atoms with E-state index in [4.69, 9.17) is 15.6 Å². The molecule has 14 heavy (non-hydrogen) atoms. The van der Waals surface area contributed by atoms with Gasteiger partial charge in [0.2, 0.25) is 0 Å². The van der Waals surface area contributed by atoms with Crippen LogP contribution in [0.15, 0.2) is 0 Å². The maximum absolute atomic E-state index is 8.65. The summed E-state index contributed by atoms with van der Waals surface area (Å²) in [6.07, 6.45) is 4.95. The van der Waals surface area contributed by atoms with Gasteiger partial charge in [0.1, 0.15) is 0 Å². The lowest BCUT2D eigenvalue weighted by Gasteiger charge is -2.12. The first-order chi connectivity index (χ1) is 6.70. The molecule has 0 radical (unpaired) electrons. The molecule has 0 aromatic carbocycles. The third kappa shape index (κ3) is 8.48. The topological polar surface area (TPSA) is 55.5 Å². The van der Waals surface area contributed by atoms with Crippen molar-refractivity contribution >= 4 is 0 Å². The van der Waals surface area contributed by atoms with Gasteiger partial charge in [-0.15, -0.1) is 0 Å². The van der Waals surface area contributed by atoms with Crippen LogP contribution in [0.25, 0.3) is 0 Å². The third-order valence-electron chi connectivity index (χ3n) is 2.37. The molecule has 0 aliphatic heterocycles. The smallest absolute Gasteiger partial charge is 0.0639 e. The van der Waals surface area contributed by atoms with Gasteiger partial charge in [-0.1, -0.05) is 33.1 Å². The van der Waals surface area contributed by atoms with E-state index in [9.17, 15) is 0 Å². The highest BCUT2D eigenvalue weighted by Crippen LogP contribution is 2.11. The summed E-state index contributed by atoms with van der Waals surface area (Å²) in [4.78, 5) is 0. The first-order valence-electron chi connectivity index (χ1n) is 5.64. The molecule has 0 aromatic rings. The highest BCUT2D eigenvalue weighted by atomic mass is 16.5. The molecule has 0 bridgehead atoms. The van der Waals surface area contributed by atoms with Gasteiger partial charge in [-0.05, 0) is 12.3 Å². The van der Waals surface area contributed by atoms with Gasteiger partial charge in [0, 0.05) is 6.61 Å². The lowest BCUT2D eigenvalue weighted by molar-refractivity contribution is 0.0914. The lowest BCUT2D eigenvalue weighted by Crippen LogP contribution is -2.30. The second-order valence-corrected chi connectivity index (χ2v) is 4.05. The van der Waals surface area contributed by atoms with Gasteiger partial charge in [-0.25, -0.2) is 0 Å². The summed E-state index contributed by atoms with van der Waals surface area (Å²) in [6.45, 7) is 5.70. The Kier molecular flexibility index (Phi) is 9.35. The second-order valence-electron chi connectivity index (χ2n) is 4.05. The number of nitrogens with two attached hydrogens (primary N) is 1. The Labute approximate surface area is 87.6 Å². The molecule has 3 heteroatoms. The fourth-order valence-corrected chi connectivity index (χ4v) is 1.27. The van der Waals surface area contributed by atoms with Crippen molar-refractivity contribution < 1.29 is 9.84 Å². The van der Waals surface area contributed by atoms with E-state index in [1.54, 1.807) is 0 Å². The van der Waals surface area contributed by atoms with Crippen molar-refractivity contribution in [1.29, 1.82) is 0 Å². The van der Waals surface area contributed by atoms with Crippen LogP contribution < -0.4 is 5.73 Å². The van der Waals surface area contributed by atoms with Crippen molar-refractivity contribution in [3.63, 3.8) is 0 Å². The Morgan fingerprint density at radius 2 is 2.07 bits per heavy atom. The quantitative estimate of drug-likeness (QED) is 0.559. The van der Waals surface area contributed by atoms with Gasteiger partial charge in [-0.2, -0.15) is 0 Å². The molecule has 0 unspecified atom stereocenters. The van der Waals surface area contributed by atoms with Crippen LogP contribution in [0.4, 0.5) is 0 Å². The Balaban J connectivity index is 3.18. The van der Waals surface area contributed by atoms with Crippen molar-refractivity contribution in [2.75, 3.05) is 19.8 Å². The molecule has 0 heterocycles. The lowest BCUT2D eigenvalue weighted by atomic mass is 10.0. The number of hydrogen-bond acceptors (Lipinski definition) is 3. The van der Waals surface area contributed by atoms with Crippen molar-refractivity contribution in [2.45, 2.75) is 45.6 Å². The molecule has 0 spiro atoms. The molecule has 3 nitrogen and oxygen atoms in total. The summed E-state index contributed by atoms with van der Waals surface area (Å²) in [5.74, 6) is 0.736. The van der Waals surface area contributed by atoms with Gasteiger partial charge in [-0.3, -0.25) is 0 Å². The summed E-state index contributed by atoms with van der Waals surface area (Å²) in [5, 5.41) is 8.65. The number of hydrogen-bond donors (Lipinski definition) is 2. The molecule has 0 saturated heterocycles. The number of aliphatic hydroxyl groups is 1. The van der Waals surface area contributed by atoms with Crippen LogP contribution in [-0.2, 0) is 4.74 Å². The summed E-state index contributed by atoms with van der Waals surface area (Å²) in [6, 6.07) is -0.221. The zero-order chi connectivity index (χ0) is 10.8. The van der Waals surface area contributed by atoms with Crippen LogP contribution in [0.2, 0.25) is 0 Å². The zero-order valence-electron chi connectivity index (χ0n) is 9.54. The van der Waals surface area contributed by atoms with E-state index < -0.39 is 0 Å². The van der Waals surface area contributed by atoms with Crippen LogP contribution in [0, 0.1) is 5.92 Å². The minimum atomic E-state index is -0.221. The predicted octanol–water partition coefficient (Wildman–Crippen LogP) is 1.54. The summed E-state index contributed by atoms with van der Waals surface area (Å²) >= 11 is 0. The van der Waals surface area contributed by atoms with Crippen LogP contribution in [0.1, 0.15) is 39.5 Å². The maximum atomic E-state index is 8.65. The highest BCUT2D eigenvalue weighted by Gasteiger charge is 2.03. The first kappa shape index (κ1) is 13.9. The largest absolute Gasteiger partial charge is 0.395 e. The van der Waals surface area contributed by atoms with E-state index in [0.717, 1.165) is 18.9 Å². The van der Waals surface area contributed by atoms with Gasteiger partial charge in [0.05, 0.1) is 19.3 Å². The van der Waals surface area contributed by atoms with E-state index in [1.165, 1.54) is 19.3 Å².